The maximum Gasteiger partial charge on any atom is 0.417 e. The molecular formula is C21H21F4N5O. The summed E-state index contributed by atoms with van der Waals surface area (Å²) in [6, 6.07) is 1.98. The van der Waals surface area contributed by atoms with Crippen molar-refractivity contribution < 1.29 is 22.4 Å². The largest absolute Gasteiger partial charge is 0.417 e. The summed E-state index contributed by atoms with van der Waals surface area (Å²) in [6.07, 6.45) is 0.133. The van der Waals surface area contributed by atoms with Crippen LogP contribution in [0.4, 0.5) is 17.6 Å². The second-order valence-electron chi connectivity index (χ2n) is 6.31. The summed E-state index contributed by atoms with van der Waals surface area (Å²) in [5, 5.41) is 8.99. The van der Waals surface area contributed by atoms with E-state index in [9.17, 15) is 22.4 Å². The molecule has 1 atom stereocenters. The summed E-state index contributed by atoms with van der Waals surface area (Å²) in [4.78, 5) is 19.1. The predicted molar refractivity (Wildman–Crippen MR) is 112 cm³/mol. The third kappa shape index (κ3) is 6.25. The molecule has 6 nitrogen and oxygen atoms in total. The second kappa shape index (κ2) is 10.5. The molecule has 1 N–H and O–H groups in total. The molecule has 2 aliphatic heterocycles. The molecule has 1 unspecified atom stereocenters. The van der Waals surface area contributed by atoms with E-state index in [1.165, 1.54) is 7.05 Å². The van der Waals surface area contributed by atoms with Crippen molar-refractivity contribution in [3.8, 4) is 11.8 Å². The van der Waals surface area contributed by atoms with E-state index >= 15 is 0 Å². The lowest BCUT2D eigenvalue weighted by Crippen LogP contribution is -2.53. The van der Waals surface area contributed by atoms with Gasteiger partial charge in [-0.1, -0.05) is 5.92 Å². The molecule has 1 aromatic carbocycles. The molecule has 0 saturated carbocycles. The lowest BCUT2D eigenvalue weighted by molar-refractivity contribution is -0.137. The molecule has 10 heteroatoms. The maximum atomic E-state index is 12.6. The third-order valence-electron chi connectivity index (χ3n) is 4.20. The van der Waals surface area contributed by atoms with Crippen LogP contribution in [-0.2, 0) is 11.0 Å². The number of carbonyl (C=O) groups excluding carboxylic acids is 1. The van der Waals surface area contributed by atoms with Crippen LogP contribution in [0.25, 0.3) is 0 Å². The van der Waals surface area contributed by atoms with Gasteiger partial charge in [0, 0.05) is 32.4 Å². The zero-order valence-electron chi connectivity index (χ0n) is 17.2. The highest BCUT2D eigenvalue weighted by molar-refractivity contribution is 6.52. The zero-order chi connectivity index (χ0) is 23.0. The molecular weight excluding hydrogens is 414 g/mol. The monoisotopic (exact) mass is 435 g/mol. The van der Waals surface area contributed by atoms with Crippen LogP contribution in [-0.4, -0.2) is 61.8 Å². The van der Waals surface area contributed by atoms with Gasteiger partial charge in [0.1, 0.15) is 23.3 Å². The fourth-order valence-corrected chi connectivity index (χ4v) is 2.84. The summed E-state index contributed by atoms with van der Waals surface area (Å²) in [6.45, 7) is 3.09. The summed E-state index contributed by atoms with van der Waals surface area (Å²) >= 11 is 0. The van der Waals surface area contributed by atoms with Gasteiger partial charge in [-0.3, -0.25) is 19.8 Å². The van der Waals surface area contributed by atoms with E-state index in [-0.39, 0.29) is 17.5 Å². The molecule has 2 aliphatic rings. The molecule has 31 heavy (non-hydrogen) atoms. The van der Waals surface area contributed by atoms with Crippen molar-refractivity contribution in [3.63, 3.8) is 0 Å². The van der Waals surface area contributed by atoms with E-state index in [0.29, 0.717) is 30.6 Å². The Bertz CT molecular complexity index is 999. The molecule has 0 bridgehead atoms. The molecule has 1 fully saturated rings. The maximum absolute atomic E-state index is 12.6. The fraction of sp³-hybridized carbons (Fsp3) is 0.333. The highest BCUT2D eigenvalue weighted by atomic mass is 19.4. The van der Waals surface area contributed by atoms with Crippen LogP contribution in [0, 0.1) is 17.7 Å². The zero-order valence-corrected chi connectivity index (χ0v) is 17.2. The Morgan fingerprint density at radius 1 is 1.35 bits per heavy atom. The van der Waals surface area contributed by atoms with Crippen LogP contribution in [0.1, 0.15) is 18.1 Å². The average Bonchev–Trinajstić information content (AvgIpc) is 2.72. The molecule has 1 amide bonds. The van der Waals surface area contributed by atoms with Gasteiger partial charge in [0.25, 0.3) is 0 Å². The van der Waals surface area contributed by atoms with E-state index in [1.807, 2.05) is 6.08 Å². The van der Waals surface area contributed by atoms with E-state index in [2.05, 4.69) is 32.2 Å². The topological polar surface area (TPSA) is 69.4 Å². The van der Waals surface area contributed by atoms with Gasteiger partial charge in [-0.15, -0.1) is 0 Å². The molecule has 2 heterocycles. The van der Waals surface area contributed by atoms with Crippen LogP contribution in [0.3, 0.4) is 0 Å². The standard InChI is InChI=1S/C12H14N4O.C9H7F4N/c1-3-4-9(13-2)10-5-6-11-12(17)14-7-8-16(11)15-10;1-14-5-6-4-7(10)2-3-8(6)9(11,12)13/h5-6,11H,7-8H2,1-2H3,(H,14,17);2-5H,1H3. The first-order valence-electron chi connectivity index (χ1n) is 9.21. The Kier molecular flexibility index (Phi) is 8.07. The number of carbonyl (C=O) groups is 1. The molecule has 0 radical (unpaired) electrons. The molecule has 164 valence electrons. The van der Waals surface area contributed by atoms with Crippen LogP contribution in [0.2, 0.25) is 0 Å². The van der Waals surface area contributed by atoms with Crippen molar-refractivity contribution in [3.05, 3.63) is 47.3 Å². The third-order valence-corrected chi connectivity index (χ3v) is 4.20. The number of nitrogens with zero attached hydrogens (tertiary/aromatic N) is 4. The minimum Gasteiger partial charge on any atom is -0.352 e. The van der Waals surface area contributed by atoms with Crippen molar-refractivity contribution in [1.29, 1.82) is 0 Å². The highest BCUT2D eigenvalue weighted by Crippen LogP contribution is 2.31. The van der Waals surface area contributed by atoms with Crippen molar-refractivity contribution >= 4 is 23.5 Å². The fourth-order valence-electron chi connectivity index (χ4n) is 2.84. The van der Waals surface area contributed by atoms with E-state index < -0.39 is 17.6 Å². The predicted octanol–water partition coefficient (Wildman–Crippen LogP) is 2.70. The first-order chi connectivity index (χ1) is 14.7. The number of benzene rings is 1. The molecule has 1 aromatic rings. The highest BCUT2D eigenvalue weighted by Gasteiger charge is 2.33. The number of nitrogens with one attached hydrogen (secondary N) is 1. The molecule has 3 rings (SSSR count). The van der Waals surface area contributed by atoms with E-state index in [4.69, 9.17) is 0 Å². The summed E-state index contributed by atoms with van der Waals surface area (Å²) < 4.78 is 49.6. The number of hydrogen-bond acceptors (Lipinski definition) is 5. The summed E-state index contributed by atoms with van der Waals surface area (Å²) in [5.74, 6) is 4.98. The Balaban J connectivity index is 0.000000225. The van der Waals surface area contributed by atoms with Crippen LogP contribution >= 0.6 is 0 Å². The van der Waals surface area contributed by atoms with Gasteiger partial charge in [-0.05, 0) is 43.2 Å². The minimum absolute atomic E-state index is 0.00753. The van der Waals surface area contributed by atoms with Gasteiger partial charge >= 0.3 is 6.18 Å². The van der Waals surface area contributed by atoms with Gasteiger partial charge in [-0.2, -0.15) is 18.3 Å². The summed E-state index contributed by atoms with van der Waals surface area (Å²) in [7, 11) is 3.01. The normalized spacial score (nSPS) is 18.4. The van der Waals surface area contributed by atoms with Gasteiger partial charge in [0.15, 0.2) is 0 Å². The molecule has 0 aromatic heterocycles. The lowest BCUT2D eigenvalue weighted by Gasteiger charge is -2.33. The Hall–Kier alpha value is -3.48. The lowest BCUT2D eigenvalue weighted by atomic mass is 10.1. The number of alkyl halides is 3. The van der Waals surface area contributed by atoms with Crippen molar-refractivity contribution in [2.24, 2.45) is 15.1 Å². The number of piperazine rings is 1. The minimum atomic E-state index is -4.48. The first kappa shape index (κ1) is 23.8. The number of aliphatic imine (C=N–C) groups is 2. The number of rotatable bonds is 2. The second-order valence-corrected chi connectivity index (χ2v) is 6.31. The quantitative estimate of drug-likeness (QED) is 0.441. The van der Waals surface area contributed by atoms with Gasteiger partial charge in [0.05, 0.1) is 12.1 Å². The molecule has 1 saturated heterocycles. The van der Waals surface area contributed by atoms with Gasteiger partial charge in [0.2, 0.25) is 5.91 Å². The first-order valence-corrected chi connectivity index (χ1v) is 9.21. The van der Waals surface area contributed by atoms with E-state index in [1.54, 1.807) is 25.1 Å². The van der Waals surface area contributed by atoms with Crippen molar-refractivity contribution in [1.82, 2.24) is 10.3 Å². The van der Waals surface area contributed by atoms with E-state index in [0.717, 1.165) is 18.3 Å². The van der Waals surface area contributed by atoms with Crippen LogP contribution < -0.4 is 5.32 Å². The Morgan fingerprint density at radius 3 is 2.71 bits per heavy atom. The average molecular weight is 435 g/mol. The Morgan fingerprint density at radius 2 is 2.10 bits per heavy atom. The number of allylic oxidation sites excluding steroid dienone is 1. The number of hydrazone groups is 1. The van der Waals surface area contributed by atoms with Gasteiger partial charge in [-0.25, -0.2) is 4.39 Å². The Labute approximate surface area is 177 Å². The molecule has 0 aliphatic carbocycles. The van der Waals surface area contributed by atoms with Crippen molar-refractivity contribution in [2.75, 3.05) is 27.2 Å². The number of amides is 1. The van der Waals surface area contributed by atoms with Crippen LogP contribution in [0.5, 0.6) is 0 Å². The molecule has 0 spiro atoms. The van der Waals surface area contributed by atoms with Gasteiger partial charge < -0.3 is 5.32 Å². The van der Waals surface area contributed by atoms with Crippen LogP contribution in [0.15, 0.2) is 45.4 Å². The number of fused-ring (bicyclic) bond motifs is 1. The number of halogens is 4. The SMILES string of the molecule is CC#CC(=NC)C1=NN2CCNC(=O)C2C=C1.CN=Cc1cc(F)ccc1C(F)(F)F. The number of hydrogen-bond donors (Lipinski definition) is 1. The summed E-state index contributed by atoms with van der Waals surface area (Å²) in [5.41, 5.74) is 0.213. The van der Waals surface area contributed by atoms with Crippen molar-refractivity contribution in [2.45, 2.75) is 19.1 Å². The smallest absolute Gasteiger partial charge is 0.352 e.